The highest BCUT2D eigenvalue weighted by Crippen LogP contribution is 2.37. The van der Waals surface area contributed by atoms with E-state index in [0.717, 1.165) is 25.2 Å². The number of carbonyl (C=O) groups excluding carboxylic acids is 1. The predicted octanol–water partition coefficient (Wildman–Crippen LogP) is 2.48. The summed E-state index contributed by atoms with van der Waals surface area (Å²) in [4.78, 5) is 18.8. The fraction of sp³-hybridized carbons (Fsp3) is 0.786. The molecule has 0 bridgehead atoms. The van der Waals surface area contributed by atoms with Gasteiger partial charge in [0.1, 0.15) is 5.82 Å². The molecule has 0 aromatic carbocycles. The van der Waals surface area contributed by atoms with Crippen molar-refractivity contribution >= 4 is 5.91 Å². The van der Waals surface area contributed by atoms with Crippen molar-refractivity contribution < 1.29 is 4.79 Å². The number of rotatable bonds is 4. The van der Waals surface area contributed by atoms with Crippen molar-refractivity contribution in [1.82, 2.24) is 20.1 Å². The molecule has 3 rings (SSSR count). The van der Waals surface area contributed by atoms with E-state index in [2.05, 4.69) is 15.2 Å². The minimum atomic E-state index is -0.00227. The van der Waals surface area contributed by atoms with Gasteiger partial charge in [-0.1, -0.05) is 19.3 Å². The van der Waals surface area contributed by atoms with E-state index < -0.39 is 0 Å². The van der Waals surface area contributed by atoms with Crippen molar-refractivity contribution in [3.05, 3.63) is 11.6 Å². The second-order valence-electron chi connectivity index (χ2n) is 5.70. The van der Waals surface area contributed by atoms with Crippen LogP contribution < -0.4 is 0 Å². The van der Waals surface area contributed by atoms with Gasteiger partial charge in [-0.25, -0.2) is 4.98 Å². The number of hydrogen-bond donors (Lipinski definition) is 1. The summed E-state index contributed by atoms with van der Waals surface area (Å²) < 4.78 is 0. The van der Waals surface area contributed by atoms with Gasteiger partial charge < -0.3 is 4.90 Å². The van der Waals surface area contributed by atoms with E-state index in [9.17, 15) is 4.79 Å². The zero-order valence-electron chi connectivity index (χ0n) is 11.6. The maximum Gasteiger partial charge on any atom is 0.293 e. The standard InChI is InChI=1S/C14H22N4O/c1-2-18(11-6-4-3-5-7-11)14(19)13-15-12(16-17-13)10-8-9-10/h10-11H,2-9H2,1H3,(H,15,16,17). The van der Waals surface area contributed by atoms with Crippen LogP contribution in [0.2, 0.25) is 0 Å². The Morgan fingerprint density at radius 1 is 1.26 bits per heavy atom. The van der Waals surface area contributed by atoms with Crippen LogP contribution in [0, 0.1) is 0 Å². The van der Waals surface area contributed by atoms with E-state index >= 15 is 0 Å². The lowest BCUT2D eigenvalue weighted by atomic mass is 9.94. The van der Waals surface area contributed by atoms with Crippen LogP contribution in [0.5, 0.6) is 0 Å². The van der Waals surface area contributed by atoms with Crippen molar-refractivity contribution in [1.29, 1.82) is 0 Å². The van der Waals surface area contributed by atoms with Gasteiger partial charge in [0.25, 0.3) is 5.91 Å². The summed E-state index contributed by atoms with van der Waals surface area (Å²) in [6.07, 6.45) is 8.35. The highest BCUT2D eigenvalue weighted by atomic mass is 16.2. The van der Waals surface area contributed by atoms with Crippen molar-refractivity contribution in [2.75, 3.05) is 6.54 Å². The fourth-order valence-corrected chi connectivity index (χ4v) is 3.00. The first-order valence-electron chi connectivity index (χ1n) is 7.53. The molecule has 1 aromatic heterocycles. The highest BCUT2D eigenvalue weighted by molar-refractivity contribution is 5.90. The Morgan fingerprint density at radius 3 is 2.63 bits per heavy atom. The summed E-state index contributed by atoms with van der Waals surface area (Å²) in [6, 6.07) is 0.383. The average molecular weight is 262 g/mol. The fourth-order valence-electron chi connectivity index (χ4n) is 3.00. The number of H-pyrrole nitrogens is 1. The summed E-state index contributed by atoms with van der Waals surface area (Å²) in [5.41, 5.74) is 0. The van der Waals surface area contributed by atoms with Gasteiger partial charge in [-0.3, -0.25) is 9.89 Å². The summed E-state index contributed by atoms with van der Waals surface area (Å²) >= 11 is 0. The normalized spacial score (nSPS) is 20.5. The molecule has 104 valence electrons. The molecule has 0 saturated heterocycles. The van der Waals surface area contributed by atoms with Gasteiger partial charge in [0.05, 0.1) is 0 Å². The number of aromatic amines is 1. The smallest absolute Gasteiger partial charge is 0.293 e. The van der Waals surface area contributed by atoms with Crippen LogP contribution >= 0.6 is 0 Å². The average Bonchev–Trinajstić information content (AvgIpc) is 3.18. The molecule has 19 heavy (non-hydrogen) atoms. The third-order valence-corrected chi connectivity index (χ3v) is 4.28. The molecule has 2 aliphatic carbocycles. The van der Waals surface area contributed by atoms with Gasteiger partial charge in [-0.15, -0.1) is 5.10 Å². The monoisotopic (exact) mass is 262 g/mol. The molecule has 1 heterocycles. The Kier molecular flexibility index (Phi) is 3.53. The van der Waals surface area contributed by atoms with Crippen molar-refractivity contribution in [3.8, 4) is 0 Å². The molecule has 5 heteroatoms. The third-order valence-electron chi connectivity index (χ3n) is 4.28. The van der Waals surface area contributed by atoms with E-state index in [1.54, 1.807) is 0 Å². The van der Waals surface area contributed by atoms with Gasteiger partial charge in [-0.2, -0.15) is 0 Å². The quantitative estimate of drug-likeness (QED) is 0.906. The Morgan fingerprint density at radius 2 is 2.00 bits per heavy atom. The molecular weight excluding hydrogens is 240 g/mol. The Balaban J connectivity index is 1.71. The lowest BCUT2D eigenvalue weighted by molar-refractivity contribution is 0.0635. The molecule has 0 aliphatic heterocycles. The first-order chi connectivity index (χ1) is 9.29. The molecule has 1 aromatic rings. The van der Waals surface area contributed by atoms with Crippen molar-refractivity contribution in [2.24, 2.45) is 0 Å². The largest absolute Gasteiger partial charge is 0.333 e. The zero-order chi connectivity index (χ0) is 13.2. The van der Waals surface area contributed by atoms with E-state index in [1.165, 1.54) is 32.1 Å². The van der Waals surface area contributed by atoms with E-state index in [0.29, 0.717) is 17.8 Å². The molecule has 2 fully saturated rings. The first kappa shape index (κ1) is 12.6. The van der Waals surface area contributed by atoms with Crippen LogP contribution in [0.1, 0.15) is 74.2 Å². The summed E-state index contributed by atoms with van der Waals surface area (Å²) in [5.74, 6) is 1.76. The Hall–Kier alpha value is -1.39. The molecule has 1 N–H and O–H groups in total. The van der Waals surface area contributed by atoms with E-state index in [1.807, 2.05) is 11.8 Å². The molecule has 5 nitrogen and oxygen atoms in total. The number of nitrogens with zero attached hydrogens (tertiary/aromatic N) is 3. The topological polar surface area (TPSA) is 61.9 Å². The van der Waals surface area contributed by atoms with Gasteiger partial charge in [0, 0.05) is 18.5 Å². The summed E-state index contributed by atoms with van der Waals surface area (Å²) in [6.45, 7) is 2.79. The molecular formula is C14H22N4O. The molecule has 0 atom stereocenters. The van der Waals surface area contributed by atoms with Crippen LogP contribution in [0.3, 0.4) is 0 Å². The Bertz CT molecular complexity index is 446. The molecule has 1 amide bonds. The maximum absolute atomic E-state index is 12.5. The lowest BCUT2D eigenvalue weighted by Gasteiger charge is -2.32. The van der Waals surface area contributed by atoms with Gasteiger partial charge >= 0.3 is 0 Å². The zero-order valence-corrected chi connectivity index (χ0v) is 11.6. The molecule has 0 radical (unpaired) electrons. The molecule has 0 unspecified atom stereocenters. The van der Waals surface area contributed by atoms with Gasteiger partial charge in [-0.05, 0) is 32.6 Å². The minimum absolute atomic E-state index is 0.00227. The highest BCUT2D eigenvalue weighted by Gasteiger charge is 2.31. The number of aromatic nitrogens is 3. The second-order valence-corrected chi connectivity index (χ2v) is 5.70. The third kappa shape index (κ3) is 2.65. The Labute approximate surface area is 113 Å². The molecule has 2 saturated carbocycles. The van der Waals surface area contributed by atoms with Crippen LogP contribution in [0.15, 0.2) is 0 Å². The predicted molar refractivity (Wildman–Crippen MR) is 71.9 cm³/mol. The van der Waals surface area contributed by atoms with Crippen LogP contribution in [-0.2, 0) is 0 Å². The van der Waals surface area contributed by atoms with E-state index in [4.69, 9.17) is 0 Å². The van der Waals surface area contributed by atoms with Crippen LogP contribution in [-0.4, -0.2) is 38.6 Å². The minimum Gasteiger partial charge on any atom is -0.333 e. The maximum atomic E-state index is 12.5. The van der Waals surface area contributed by atoms with E-state index in [-0.39, 0.29) is 5.91 Å². The van der Waals surface area contributed by atoms with Crippen LogP contribution in [0.25, 0.3) is 0 Å². The summed E-state index contributed by atoms with van der Waals surface area (Å²) in [5, 5.41) is 7.04. The number of carbonyl (C=O) groups is 1. The number of hydrogen-bond acceptors (Lipinski definition) is 3. The molecule has 0 spiro atoms. The lowest BCUT2D eigenvalue weighted by Crippen LogP contribution is -2.41. The molecule has 2 aliphatic rings. The van der Waals surface area contributed by atoms with Crippen LogP contribution in [0.4, 0.5) is 0 Å². The number of nitrogens with one attached hydrogen (secondary N) is 1. The summed E-state index contributed by atoms with van der Waals surface area (Å²) in [7, 11) is 0. The van der Waals surface area contributed by atoms with Gasteiger partial charge in [0.15, 0.2) is 0 Å². The first-order valence-corrected chi connectivity index (χ1v) is 7.53. The van der Waals surface area contributed by atoms with Gasteiger partial charge in [0.2, 0.25) is 5.82 Å². The SMILES string of the molecule is CCN(C(=O)c1n[nH]c(C2CC2)n1)C1CCCCC1. The number of amides is 1. The van der Waals surface area contributed by atoms with Crippen molar-refractivity contribution in [2.45, 2.75) is 63.8 Å². The second kappa shape index (κ2) is 5.31. The van der Waals surface area contributed by atoms with Crippen molar-refractivity contribution in [3.63, 3.8) is 0 Å².